The maximum absolute atomic E-state index is 6.41. The van der Waals surface area contributed by atoms with Crippen LogP contribution in [0, 0.1) is 0 Å². The van der Waals surface area contributed by atoms with E-state index in [1.54, 1.807) is 0 Å². The molecule has 5 aromatic carbocycles. The third-order valence-corrected chi connectivity index (χ3v) is 6.63. The van der Waals surface area contributed by atoms with Crippen LogP contribution in [0.3, 0.4) is 0 Å². The summed E-state index contributed by atoms with van der Waals surface area (Å²) in [6.45, 7) is 0. The van der Waals surface area contributed by atoms with Gasteiger partial charge in [-0.05, 0) is 57.8 Å². The number of para-hydroxylation sites is 1. The first-order valence-corrected chi connectivity index (χ1v) is 12.0. The van der Waals surface area contributed by atoms with Gasteiger partial charge in [-0.3, -0.25) is 0 Å². The van der Waals surface area contributed by atoms with Crippen LogP contribution in [0.2, 0.25) is 5.28 Å². The molecule has 0 bridgehead atoms. The zero-order valence-corrected chi connectivity index (χ0v) is 19.8. The monoisotopic (exact) mass is 483 g/mol. The van der Waals surface area contributed by atoms with Crippen molar-refractivity contribution in [2.24, 2.45) is 0 Å². The van der Waals surface area contributed by atoms with Crippen molar-refractivity contribution in [2.45, 2.75) is 0 Å². The molecule has 7 rings (SSSR count). The Morgan fingerprint density at radius 1 is 0.528 bits per heavy atom. The number of rotatable bonds is 3. The number of nitrogens with zero attached hydrogens (tertiary/aromatic N) is 3. The van der Waals surface area contributed by atoms with E-state index in [1.165, 1.54) is 11.1 Å². The van der Waals surface area contributed by atoms with E-state index in [0.717, 1.165) is 43.8 Å². The van der Waals surface area contributed by atoms with E-state index in [2.05, 4.69) is 64.6 Å². The van der Waals surface area contributed by atoms with Gasteiger partial charge < -0.3 is 4.42 Å². The molecule has 170 valence electrons. The van der Waals surface area contributed by atoms with Crippen LogP contribution < -0.4 is 0 Å². The second-order valence-electron chi connectivity index (χ2n) is 8.67. The molecule has 0 saturated heterocycles. The number of fused-ring (bicyclic) bond motifs is 4. The minimum Gasteiger partial charge on any atom is -0.456 e. The van der Waals surface area contributed by atoms with Crippen LogP contribution in [-0.4, -0.2) is 15.0 Å². The highest BCUT2D eigenvalue weighted by atomic mass is 35.5. The third kappa shape index (κ3) is 3.51. The second-order valence-corrected chi connectivity index (χ2v) is 9.01. The zero-order chi connectivity index (χ0) is 24.1. The molecule has 0 atom stereocenters. The molecule has 0 spiro atoms. The van der Waals surface area contributed by atoms with Crippen molar-refractivity contribution < 1.29 is 4.42 Å². The summed E-state index contributed by atoms with van der Waals surface area (Å²) < 4.78 is 6.05. The molecule has 2 aromatic heterocycles. The highest BCUT2D eigenvalue weighted by Crippen LogP contribution is 2.36. The van der Waals surface area contributed by atoms with Gasteiger partial charge in [0.15, 0.2) is 11.6 Å². The molecule has 0 saturated carbocycles. The van der Waals surface area contributed by atoms with Gasteiger partial charge in [-0.2, -0.15) is 9.97 Å². The van der Waals surface area contributed by atoms with Gasteiger partial charge in [0.2, 0.25) is 5.28 Å². The smallest absolute Gasteiger partial charge is 0.226 e. The van der Waals surface area contributed by atoms with E-state index in [0.29, 0.717) is 11.6 Å². The first kappa shape index (κ1) is 20.8. The molecular weight excluding hydrogens is 466 g/mol. The number of hydrogen-bond acceptors (Lipinski definition) is 4. The van der Waals surface area contributed by atoms with E-state index in [1.807, 2.05) is 54.6 Å². The summed E-state index contributed by atoms with van der Waals surface area (Å²) >= 11 is 6.41. The van der Waals surface area contributed by atoms with Crippen molar-refractivity contribution in [1.29, 1.82) is 0 Å². The van der Waals surface area contributed by atoms with Crippen LogP contribution >= 0.6 is 11.6 Å². The van der Waals surface area contributed by atoms with Gasteiger partial charge in [0.1, 0.15) is 11.2 Å². The summed E-state index contributed by atoms with van der Waals surface area (Å²) in [6.07, 6.45) is 0. The van der Waals surface area contributed by atoms with Gasteiger partial charge in [0.25, 0.3) is 0 Å². The lowest BCUT2D eigenvalue weighted by molar-refractivity contribution is 0.669. The maximum atomic E-state index is 6.41. The highest BCUT2D eigenvalue weighted by molar-refractivity contribution is 6.28. The van der Waals surface area contributed by atoms with Gasteiger partial charge in [-0.15, -0.1) is 0 Å². The lowest BCUT2D eigenvalue weighted by Crippen LogP contribution is -1.97. The first-order valence-electron chi connectivity index (χ1n) is 11.6. The molecule has 2 heterocycles. The fourth-order valence-corrected chi connectivity index (χ4v) is 4.92. The Kier molecular flexibility index (Phi) is 4.79. The van der Waals surface area contributed by atoms with Crippen LogP contribution in [0.4, 0.5) is 0 Å². The average molecular weight is 484 g/mol. The van der Waals surface area contributed by atoms with E-state index in [9.17, 15) is 0 Å². The van der Waals surface area contributed by atoms with E-state index in [4.69, 9.17) is 21.0 Å². The molecule has 4 nitrogen and oxygen atoms in total. The summed E-state index contributed by atoms with van der Waals surface area (Å²) in [5.74, 6) is 1.05. The SMILES string of the molecule is Clc1nc(-c2ccc3cc(-c4ccccc4)ccc3c2)nc(-c2cccc3oc4ccccc4c23)n1. The Morgan fingerprint density at radius 3 is 2.08 bits per heavy atom. The van der Waals surface area contributed by atoms with Gasteiger partial charge in [-0.25, -0.2) is 4.98 Å². The molecule has 0 aliphatic heterocycles. The Bertz CT molecular complexity index is 1910. The summed E-state index contributed by atoms with van der Waals surface area (Å²) in [6, 6.07) is 36.9. The Hall–Kier alpha value is -4.54. The molecule has 36 heavy (non-hydrogen) atoms. The van der Waals surface area contributed by atoms with Gasteiger partial charge in [0, 0.05) is 21.9 Å². The number of furan rings is 1. The van der Waals surface area contributed by atoms with Crippen molar-refractivity contribution >= 4 is 44.3 Å². The Balaban J connectivity index is 1.35. The largest absolute Gasteiger partial charge is 0.456 e. The molecule has 0 aliphatic rings. The molecule has 0 amide bonds. The second kappa shape index (κ2) is 8.29. The number of aromatic nitrogens is 3. The van der Waals surface area contributed by atoms with Crippen LogP contribution in [0.15, 0.2) is 114 Å². The van der Waals surface area contributed by atoms with E-state index < -0.39 is 0 Å². The lowest BCUT2D eigenvalue weighted by Gasteiger charge is -2.08. The fourth-order valence-electron chi connectivity index (χ4n) is 4.76. The molecule has 0 aliphatic carbocycles. The summed E-state index contributed by atoms with van der Waals surface area (Å²) in [5, 5.41) is 4.39. The molecule has 0 unspecified atom stereocenters. The molecule has 5 heteroatoms. The van der Waals surface area contributed by atoms with Gasteiger partial charge >= 0.3 is 0 Å². The normalized spacial score (nSPS) is 11.5. The first-order chi connectivity index (χ1) is 17.7. The summed E-state index contributed by atoms with van der Waals surface area (Å²) in [7, 11) is 0. The highest BCUT2D eigenvalue weighted by Gasteiger charge is 2.16. The van der Waals surface area contributed by atoms with Gasteiger partial charge in [0.05, 0.1) is 0 Å². The Labute approximate surface area is 211 Å². The number of hydrogen-bond donors (Lipinski definition) is 0. The molecule has 0 fully saturated rings. The molecule has 7 aromatic rings. The standard InChI is InChI=1S/C31H18ClN3O/c32-31-34-29(23-16-15-21-17-20(13-14-22(21)18-23)19-7-2-1-3-8-19)33-30(35-31)25-10-6-12-27-28(25)24-9-4-5-11-26(24)36-27/h1-18H. The minimum absolute atomic E-state index is 0.152. The van der Waals surface area contributed by atoms with Crippen LogP contribution in [0.1, 0.15) is 0 Å². The predicted molar refractivity (Wildman–Crippen MR) is 146 cm³/mol. The van der Waals surface area contributed by atoms with Crippen molar-refractivity contribution in [3.63, 3.8) is 0 Å². The Morgan fingerprint density at radius 2 is 1.22 bits per heavy atom. The van der Waals surface area contributed by atoms with E-state index >= 15 is 0 Å². The van der Waals surface area contributed by atoms with Crippen LogP contribution in [-0.2, 0) is 0 Å². The minimum atomic E-state index is 0.152. The number of benzene rings is 5. The molecular formula is C31H18ClN3O. The number of halogens is 1. The fraction of sp³-hybridized carbons (Fsp3) is 0. The average Bonchev–Trinajstić information content (AvgIpc) is 3.31. The lowest BCUT2D eigenvalue weighted by atomic mass is 10.00. The van der Waals surface area contributed by atoms with E-state index in [-0.39, 0.29) is 5.28 Å². The molecule has 0 N–H and O–H groups in total. The van der Waals surface area contributed by atoms with Crippen molar-refractivity contribution in [2.75, 3.05) is 0 Å². The summed E-state index contributed by atoms with van der Waals surface area (Å²) in [5.41, 5.74) is 5.72. The van der Waals surface area contributed by atoms with Crippen molar-refractivity contribution in [1.82, 2.24) is 15.0 Å². The third-order valence-electron chi connectivity index (χ3n) is 6.46. The van der Waals surface area contributed by atoms with Crippen molar-refractivity contribution in [3.8, 4) is 33.9 Å². The van der Waals surface area contributed by atoms with Crippen LogP contribution in [0.25, 0.3) is 66.6 Å². The topological polar surface area (TPSA) is 51.8 Å². The maximum Gasteiger partial charge on any atom is 0.226 e. The zero-order valence-electron chi connectivity index (χ0n) is 19.0. The van der Waals surface area contributed by atoms with Crippen molar-refractivity contribution in [3.05, 3.63) is 114 Å². The summed E-state index contributed by atoms with van der Waals surface area (Å²) in [4.78, 5) is 13.8. The van der Waals surface area contributed by atoms with Crippen LogP contribution in [0.5, 0.6) is 0 Å². The van der Waals surface area contributed by atoms with Gasteiger partial charge in [-0.1, -0.05) is 84.9 Å². The quantitative estimate of drug-likeness (QED) is 0.252. The predicted octanol–water partition coefficient (Wildman–Crippen LogP) is 8.58. The molecule has 0 radical (unpaired) electrons.